The molecule has 0 spiro atoms. The summed E-state index contributed by atoms with van der Waals surface area (Å²) in [5.41, 5.74) is 5.70. The Morgan fingerprint density at radius 3 is 2.33 bits per heavy atom. The molecule has 2 aliphatic rings. The highest BCUT2D eigenvalue weighted by Gasteiger charge is 2.38. The van der Waals surface area contributed by atoms with Crippen LogP contribution in [0.15, 0.2) is 0 Å². The maximum Gasteiger partial charge on any atom is 0.223 e. The van der Waals surface area contributed by atoms with Gasteiger partial charge in [-0.05, 0) is 32.1 Å². The van der Waals surface area contributed by atoms with E-state index in [2.05, 4.69) is 5.32 Å². The van der Waals surface area contributed by atoms with Gasteiger partial charge in [0.05, 0.1) is 5.54 Å². The van der Waals surface area contributed by atoms with Crippen molar-refractivity contribution in [2.75, 3.05) is 6.54 Å². The van der Waals surface area contributed by atoms with Gasteiger partial charge in [0.25, 0.3) is 0 Å². The average Bonchev–Trinajstić information content (AvgIpc) is 2.24. The Balaban J connectivity index is 1.85. The lowest BCUT2D eigenvalue weighted by Crippen LogP contribution is -2.59. The summed E-state index contributed by atoms with van der Waals surface area (Å²) >= 11 is 0. The van der Waals surface area contributed by atoms with Crippen LogP contribution < -0.4 is 11.1 Å². The third kappa shape index (κ3) is 2.33. The smallest absolute Gasteiger partial charge is 0.223 e. The van der Waals surface area contributed by atoms with Gasteiger partial charge in [0, 0.05) is 12.5 Å². The van der Waals surface area contributed by atoms with Crippen molar-refractivity contribution in [3.05, 3.63) is 0 Å². The topological polar surface area (TPSA) is 55.1 Å². The maximum absolute atomic E-state index is 12.0. The highest BCUT2D eigenvalue weighted by molar-refractivity contribution is 5.79. The second kappa shape index (κ2) is 4.52. The lowest BCUT2D eigenvalue weighted by atomic mass is 9.76. The molecule has 15 heavy (non-hydrogen) atoms. The summed E-state index contributed by atoms with van der Waals surface area (Å²) < 4.78 is 0. The Bertz CT molecular complexity index is 224. The summed E-state index contributed by atoms with van der Waals surface area (Å²) in [6.45, 7) is 0.603. The van der Waals surface area contributed by atoms with Gasteiger partial charge in [0.1, 0.15) is 0 Å². The molecule has 3 nitrogen and oxygen atoms in total. The SMILES string of the molecule is NCC1(NC(=O)C2CCCCC2)CCC1. The molecule has 3 heteroatoms. The third-order valence-corrected chi connectivity index (χ3v) is 4.07. The van der Waals surface area contributed by atoms with E-state index in [-0.39, 0.29) is 17.4 Å². The van der Waals surface area contributed by atoms with E-state index in [1.165, 1.54) is 25.7 Å². The molecule has 3 N–H and O–H groups in total. The highest BCUT2D eigenvalue weighted by atomic mass is 16.2. The first kappa shape index (κ1) is 10.9. The Morgan fingerprint density at radius 1 is 1.20 bits per heavy atom. The van der Waals surface area contributed by atoms with Crippen molar-refractivity contribution in [3.8, 4) is 0 Å². The van der Waals surface area contributed by atoms with Crippen molar-refractivity contribution in [3.63, 3.8) is 0 Å². The van der Waals surface area contributed by atoms with Gasteiger partial charge in [-0.3, -0.25) is 4.79 Å². The zero-order valence-corrected chi connectivity index (χ0v) is 9.43. The monoisotopic (exact) mass is 210 g/mol. The van der Waals surface area contributed by atoms with Crippen LogP contribution in [0.25, 0.3) is 0 Å². The molecule has 0 saturated heterocycles. The fourth-order valence-electron chi connectivity index (χ4n) is 2.71. The standard InChI is InChI=1S/C12H22N2O/c13-9-12(7-4-8-12)14-11(15)10-5-2-1-3-6-10/h10H,1-9,13H2,(H,14,15). The van der Waals surface area contributed by atoms with Gasteiger partial charge in [0.15, 0.2) is 0 Å². The van der Waals surface area contributed by atoms with Crippen molar-refractivity contribution in [1.29, 1.82) is 0 Å². The van der Waals surface area contributed by atoms with Crippen LogP contribution in [0.5, 0.6) is 0 Å². The number of rotatable bonds is 3. The van der Waals surface area contributed by atoms with E-state index >= 15 is 0 Å². The first-order valence-corrected chi connectivity index (χ1v) is 6.28. The number of hydrogen-bond acceptors (Lipinski definition) is 2. The summed E-state index contributed by atoms with van der Waals surface area (Å²) in [6.07, 6.45) is 9.23. The molecule has 0 unspecified atom stereocenters. The summed E-state index contributed by atoms with van der Waals surface area (Å²) in [4.78, 5) is 12.0. The van der Waals surface area contributed by atoms with Crippen LogP contribution in [0.4, 0.5) is 0 Å². The van der Waals surface area contributed by atoms with Gasteiger partial charge in [-0.2, -0.15) is 0 Å². The van der Waals surface area contributed by atoms with Gasteiger partial charge < -0.3 is 11.1 Å². The minimum atomic E-state index is -0.0332. The molecule has 86 valence electrons. The summed E-state index contributed by atoms with van der Waals surface area (Å²) in [6, 6.07) is 0. The minimum absolute atomic E-state index is 0.0332. The predicted molar refractivity (Wildman–Crippen MR) is 60.4 cm³/mol. The van der Waals surface area contributed by atoms with Gasteiger partial charge in [-0.25, -0.2) is 0 Å². The molecular weight excluding hydrogens is 188 g/mol. The van der Waals surface area contributed by atoms with Gasteiger partial charge in [-0.15, -0.1) is 0 Å². The molecular formula is C12H22N2O. The predicted octanol–water partition coefficient (Wildman–Crippen LogP) is 1.56. The second-order valence-corrected chi connectivity index (χ2v) is 5.16. The number of hydrogen-bond donors (Lipinski definition) is 2. The second-order valence-electron chi connectivity index (χ2n) is 5.16. The molecule has 0 bridgehead atoms. The van der Waals surface area contributed by atoms with Crippen molar-refractivity contribution in [1.82, 2.24) is 5.32 Å². The third-order valence-electron chi connectivity index (χ3n) is 4.07. The number of amides is 1. The van der Waals surface area contributed by atoms with E-state index in [4.69, 9.17) is 5.73 Å². The first-order chi connectivity index (χ1) is 7.26. The quantitative estimate of drug-likeness (QED) is 0.743. The normalized spacial score (nSPS) is 25.7. The van der Waals surface area contributed by atoms with Crippen LogP contribution in [-0.2, 0) is 4.79 Å². The molecule has 2 saturated carbocycles. The molecule has 2 aliphatic carbocycles. The molecule has 0 atom stereocenters. The number of nitrogens with two attached hydrogens (primary N) is 1. The van der Waals surface area contributed by atoms with E-state index in [9.17, 15) is 4.79 Å². The van der Waals surface area contributed by atoms with Crippen LogP contribution in [0, 0.1) is 5.92 Å². The molecule has 0 aliphatic heterocycles. The molecule has 0 aromatic carbocycles. The van der Waals surface area contributed by atoms with Gasteiger partial charge >= 0.3 is 0 Å². The lowest BCUT2D eigenvalue weighted by molar-refractivity contribution is -0.128. The number of nitrogens with one attached hydrogen (secondary N) is 1. The Hall–Kier alpha value is -0.570. The van der Waals surface area contributed by atoms with Crippen LogP contribution >= 0.6 is 0 Å². The fourth-order valence-corrected chi connectivity index (χ4v) is 2.71. The fraction of sp³-hybridized carbons (Fsp3) is 0.917. The van der Waals surface area contributed by atoms with Crippen LogP contribution in [-0.4, -0.2) is 18.0 Å². The van der Waals surface area contributed by atoms with Crippen LogP contribution in [0.1, 0.15) is 51.4 Å². The maximum atomic E-state index is 12.0. The number of carbonyl (C=O) groups excluding carboxylic acids is 1. The lowest BCUT2D eigenvalue weighted by Gasteiger charge is -2.42. The molecule has 0 heterocycles. The molecule has 0 aromatic rings. The van der Waals surface area contributed by atoms with Crippen molar-refractivity contribution in [2.24, 2.45) is 11.7 Å². The molecule has 2 rings (SSSR count). The van der Waals surface area contributed by atoms with E-state index < -0.39 is 0 Å². The zero-order chi connectivity index (χ0) is 10.7. The average molecular weight is 210 g/mol. The van der Waals surface area contributed by atoms with Crippen LogP contribution in [0.2, 0.25) is 0 Å². The summed E-state index contributed by atoms with van der Waals surface area (Å²) in [5, 5.41) is 3.19. The summed E-state index contributed by atoms with van der Waals surface area (Å²) in [7, 11) is 0. The largest absolute Gasteiger partial charge is 0.349 e. The molecule has 0 radical (unpaired) electrons. The van der Waals surface area contributed by atoms with Crippen molar-refractivity contribution < 1.29 is 4.79 Å². The minimum Gasteiger partial charge on any atom is -0.349 e. The van der Waals surface area contributed by atoms with Crippen molar-refractivity contribution in [2.45, 2.75) is 56.9 Å². The van der Waals surface area contributed by atoms with Gasteiger partial charge in [0.2, 0.25) is 5.91 Å². The van der Waals surface area contributed by atoms with E-state index in [0.29, 0.717) is 6.54 Å². The van der Waals surface area contributed by atoms with E-state index in [1.54, 1.807) is 0 Å². The number of carbonyl (C=O) groups is 1. The van der Waals surface area contributed by atoms with E-state index in [1.807, 2.05) is 0 Å². The van der Waals surface area contributed by atoms with Gasteiger partial charge in [-0.1, -0.05) is 19.3 Å². The molecule has 0 aromatic heterocycles. The van der Waals surface area contributed by atoms with E-state index in [0.717, 1.165) is 25.7 Å². The Morgan fingerprint density at radius 2 is 1.87 bits per heavy atom. The zero-order valence-electron chi connectivity index (χ0n) is 9.43. The van der Waals surface area contributed by atoms with Crippen LogP contribution in [0.3, 0.4) is 0 Å². The summed E-state index contributed by atoms with van der Waals surface area (Å²) in [5.74, 6) is 0.530. The van der Waals surface area contributed by atoms with Crippen molar-refractivity contribution >= 4 is 5.91 Å². The first-order valence-electron chi connectivity index (χ1n) is 6.28. The molecule has 1 amide bonds. The Kier molecular flexibility index (Phi) is 3.29. The Labute approximate surface area is 91.8 Å². The molecule has 2 fully saturated rings. The highest BCUT2D eigenvalue weighted by Crippen LogP contribution is 2.32.